The maximum atomic E-state index is 11.6. The average Bonchev–Trinajstić information content (AvgIpc) is 2.56. The van der Waals surface area contributed by atoms with Crippen molar-refractivity contribution >= 4 is 29.1 Å². The van der Waals surface area contributed by atoms with E-state index in [4.69, 9.17) is 28.9 Å². The molecule has 0 bridgehead atoms. The molecule has 0 aliphatic heterocycles. The topological polar surface area (TPSA) is 55.1 Å². The van der Waals surface area contributed by atoms with Gasteiger partial charge in [0.2, 0.25) is 5.91 Å². The van der Waals surface area contributed by atoms with Gasteiger partial charge in [-0.3, -0.25) is 4.79 Å². The van der Waals surface area contributed by atoms with E-state index in [-0.39, 0.29) is 5.91 Å². The van der Waals surface area contributed by atoms with Crippen LogP contribution in [0.3, 0.4) is 0 Å². The fourth-order valence-electron chi connectivity index (χ4n) is 2.21. The molecule has 2 aromatic carbocycles. The Bertz CT molecular complexity index is 671. The third-order valence-corrected chi connectivity index (χ3v) is 4.30. The highest BCUT2D eigenvalue weighted by Gasteiger charge is 2.10. The normalized spacial score (nSPS) is 12.0. The van der Waals surface area contributed by atoms with Gasteiger partial charge in [-0.2, -0.15) is 0 Å². The molecule has 5 heteroatoms. The van der Waals surface area contributed by atoms with Crippen LogP contribution in [0.25, 0.3) is 11.1 Å². The molecule has 0 aromatic heterocycles. The van der Waals surface area contributed by atoms with E-state index in [2.05, 4.69) is 5.32 Å². The summed E-state index contributed by atoms with van der Waals surface area (Å²) in [6.45, 7) is 2.41. The minimum absolute atomic E-state index is 0.124. The summed E-state index contributed by atoms with van der Waals surface area (Å²) in [7, 11) is 0. The molecular weight excluding hydrogens is 331 g/mol. The first-order chi connectivity index (χ1) is 11.0. The van der Waals surface area contributed by atoms with Crippen LogP contribution < -0.4 is 11.1 Å². The van der Waals surface area contributed by atoms with Crippen molar-refractivity contribution in [3.8, 4) is 11.1 Å². The summed E-state index contributed by atoms with van der Waals surface area (Å²) in [6, 6.07) is 13.1. The molecule has 0 heterocycles. The summed E-state index contributed by atoms with van der Waals surface area (Å²) in [5.74, 6) is -0.124. The van der Waals surface area contributed by atoms with E-state index in [0.717, 1.165) is 16.7 Å². The van der Waals surface area contributed by atoms with Crippen molar-refractivity contribution in [3.05, 3.63) is 58.1 Å². The van der Waals surface area contributed by atoms with Gasteiger partial charge in [0.15, 0.2) is 0 Å². The molecule has 0 fully saturated rings. The summed E-state index contributed by atoms with van der Waals surface area (Å²) >= 11 is 12.3. The number of benzene rings is 2. The van der Waals surface area contributed by atoms with E-state index >= 15 is 0 Å². The number of halogens is 2. The lowest BCUT2D eigenvalue weighted by Gasteiger charge is -2.11. The maximum absolute atomic E-state index is 11.6. The number of hydrogen-bond acceptors (Lipinski definition) is 2. The molecule has 2 rings (SSSR count). The summed E-state index contributed by atoms with van der Waals surface area (Å²) in [4.78, 5) is 11.6. The van der Waals surface area contributed by atoms with Crippen LogP contribution in [-0.4, -0.2) is 18.5 Å². The Morgan fingerprint density at radius 1 is 1.13 bits per heavy atom. The largest absolute Gasteiger partial charge is 0.354 e. The van der Waals surface area contributed by atoms with Crippen molar-refractivity contribution in [3.63, 3.8) is 0 Å². The number of carbonyl (C=O) groups excluding carboxylic acids is 1. The van der Waals surface area contributed by atoms with Crippen molar-refractivity contribution in [2.24, 2.45) is 5.73 Å². The molecule has 0 aliphatic rings. The van der Waals surface area contributed by atoms with Gasteiger partial charge in [-0.05, 0) is 47.7 Å². The minimum atomic E-state index is -0.447. The summed E-state index contributed by atoms with van der Waals surface area (Å²) in [6.07, 6.45) is 1.30. The lowest BCUT2D eigenvalue weighted by atomic mass is 10.0. The second kappa shape index (κ2) is 8.34. The van der Waals surface area contributed by atoms with Gasteiger partial charge in [0.1, 0.15) is 0 Å². The van der Waals surface area contributed by atoms with E-state index in [1.165, 1.54) is 0 Å². The van der Waals surface area contributed by atoms with Crippen LogP contribution in [0.4, 0.5) is 0 Å². The van der Waals surface area contributed by atoms with Crippen molar-refractivity contribution in [1.82, 2.24) is 5.32 Å². The molecular formula is C18H20Cl2N2O. The molecule has 0 spiro atoms. The van der Waals surface area contributed by atoms with Crippen molar-refractivity contribution < 1.29 is 4.79 Å². The van der Waals surface area contributed by atoms with E-state index in [0.29, 0.717) is 29.4 Å². The Morgan fingerprint density at radius 2 is 1.78 bits per heavy atom. The predicted molar refractivity (Wildman–Crippen MR) is 96.9 cm³/mol. The van der Waals surface area contributed by atoms with Crippen molar-refractivity contribution in [2.45, 2.75) is 25.8 Å². The molecule has 3 nitrogen and oxygen atoms in total. The first-order valence-electron chi connectivity index (χ1n) is 7.59. The van der Waals surface area contributed by atoms with Crippen LogP contribution in [0.2, 0.25) is 10.0 Å². The van der Waals surface area contributed by atoms with E-state index in [1.807, 2.05) is 49.4 Å². The van der Waals surface area contributed by atoms with Gasteiger partial charge in [0.05, 0.1) is 6.04 Å². The SMILES string of the molecule is CCC(N)C(=O)NCCc1ccc(-c2ccc(Cl)cc2)cc1Cl. The maximum Gasteiger partial charge on any atom is 0.236 e. The molecule has 1 unspecified atom stereocenters. The van der Waals surface area contributed by atoms with Crippen LogP contribution in [0.1, 0.15) is 18.9 Å². The predicted octanol–water partition coefficient (Wildman–Crippen LogP) is 4.06. The van der Waals surface area contributed by atoms with E-state index in [1.54, 1.807) is 0 Å². The summed E-state index contributed by atoms with van der Waals surface area (Å²) < 4.78 is 0. The first kappa shape index (κ1) is 17.8. The van der Waals surface area contributed by atoms with Gasteiger partial charge < -0.3 is 11.1 Å². The number of amides is 1. The number of rotatable bonds is 6. The Hall–Kier alpha value is -1.55. The fourth-order valence-corrected chi connectivity index (χ4v) is 2.61. The van der Waals surface area contributed by atoms with Crippen molar-refractivity contribution in [1.29, 1.82) is 0 Å². The number of hydrogen-bond donors (Lipinski definition) is 2. The lowest BCUT2D eigenvalue weighted by molar-refractivity contribution is -0.122. The Labute approximate surface area is 146 Å². The zero-order chi connectivity index (χ0) is 16.8. The van der Waals surface area contributed by atoms with Crippen LogP contribution in [0, 0.1) is 0 Å². The van der Waals surface area contributed by atoms with Gasteiger partial charge >= 0.3 is 0 Å². The third-order valence-electron chi connectivity index (χ3n) is 3.70. The number of carbonyl (C=O) groups is 1. The second-order valence-electron chi connectivity index (χ2n) is 5.37. The van der Waals surface area contributed by atoms with Crippen molar-refractivity contribution in [2.75, 3.05) is 6.54 Å². The Kier molecular flexibility index (Phi) is 6.46. The molecule has 0 saturated carbocycles. The molecule has 2 aromatic rings. The highest BCUT2D eigenvalue weighted by Crippen LogP contribution is 2.26. The van der Waals surface area contributed by atoms with Crippen LogP contribution in [0.15, 0.2) is 42.5 Å². The van der Waals surface area contributed by atoms with E-state index in [9.17, 15) is 4.79 Å². The minimum Gasteiger partial charge on any atom is -0.354 e. The molecule has 1 atom stereocenters. The zero-order valence-corrected chi connectivity index (χ0v) is 14.5. The van der Waals surface area contributed by atoms with Gasteiger partial charge in [-0.25, -0.2) is 0 Å². The Balaban J connectivity index is 1.99. The lowest BCUT2D eigenvalue weighted by Crippen LogP contribution is -2.40. The van der Waals surface area contributed by atoms with Crippen LogP contribution >= 0.6 is 23.2 Å². The van der Waals surface area contributed by atoms with Gasteiger partial charge in [0, 0.05) is 16.6 Å². The van der Waals surface area contributed by atoms with Gasteiger partial charge in [0.25, 0.3) is 0 Å². The molecule has 122 valence electrons. The molecule has 1 amide bonds. The van der Waals surface area contributed by atoms with Gasteiger partial charge in [-0.15, -0.1) is 0 Å². The molecule has 0 aliphatic carbocycles. The first-order valence-corrected chi connectivity index (χ1v) is 8.34. The summed E-state index contributed by atoms with van der Waals surface area (Å²) in [5, 5.41) is 4.22. The monoisotopic (exact) mass is 350 g/mol. The highest BCUT2D eigenvalue weighted by atomic mass is 35.5. The second-order valence-corrected chi connectivity index (χ2v) is 6.21. The molecule has 0 radical (unpaired) electrons. The fraction of sp³-hybridized carbons (Fsp3) is 0.278. The molecule has 3 N–H and O–H groups in total. The summed E-state index contributed by atoms with van der Waals surface area (Å²) in [5.41, 5.74) is 8.76. The average molecular weight is 351 g/mol. The number of nitrogens with two attached hydrogens (primary N) is 1. The Morgan fingerprint density at radius 3 is 2.39 bits per heavy atom. The highest BCUT2D eigenvalue weighted by molar-refractivity contribution is 6.31. The van der Waals surface area contributed by atoms with Crippen LogP contribution in [0.5, 0.6) is 0 Å². The van der Waals surface area contributed by atoms with Gasteiger partial charge in [-0.1, -0.05) is 54.4 Å². The molecule has 0 saturated heterocycles. The smallest absolute Gasteiger partial charge is 0.236 e. The standard InChI is InChI=1S/C18H20Cl2N2O/c1-2-17(21)18(23)22-10-9-13-3-4-14(11-16(13)20)12-5-7-15(19)8-6-12/h3-8,11,17H,2,9-10,21H2,1H3,(H,22,23). The quantitative estimate of drug-likeness (QED) is 0.825. The van der Waals surface area contributed by atoms with E-state index < -0.39 is 6.04 Å². The third kappa shape index (κ3) is 4.96. The molecule has 23 heavy (non-hydrogen) atoms. The number of nitrogens with one attached hydrogen (secondary N) is 1. The van der Waals surface area contributed by atoms with Crippen LogP contribution in [-0.2, 0) is 11.2 Å². The zero-order valence-electron chi connectivity index (χ0n) is 13.0.